The highest BCUT2D eigenvalue weighted by molar-refractivity contribution is 5.85. The Morgan fingerprint density at radius 2 is 1.69 bits per heavy atom. The molecule has 0 heterocycles. The van der Waals surface area contributed by atoms with E-state index in [0.29, 0.717) is 18.6 Å². The van der Waals surface area contributed by atoms with Gasteiger partial charge >= 0.3 is 0 Å². The smallest absolute Gasteiger partial charge is 0.0477 e. The van der Waals surface area contributed by atoms with Crippen LogP contribution < -0.4 is 5.32 Å². The van der Waals surface area contributed by atoms with E-state index in [-0.39, 0.29) is 12.4 Å². The maximum Gasteiger partial charge on any atom is 0.0477 e. The van der Waals surface area contributed by atoms with Crippen molar-refractivity contribution in [1.82, 2.24) is 5.32 Å². The van der Waals surface area contributed by atoms with Crippen LogP contribution in [0.25, 0.3) is 0 Å². The minimum Gasteiger partial charge on any atom is -0.396 e. The van der Waals surface area contributed by atoms with Crippen molar-refractivity contribution < 1.29 is 5.11 Å². The maximum absolute atomic E-state index is 9.54. The zero-order valence-electron chi connectivity index (χ0n) is 10.1. The second-order valence-electron chi connectivity index (χ2n) is 5.84. The van der Waals surface area contributed by atoms with Crippen LogP contribution in [0.15, 0.2) is 0 Å². The van der Waals surface area contributed by atoms with Gasteiger partial charge in [0.1, 0.15) is 0 Å². The molecule has 2 N–H and O–H groups in total. The topological polar surface area (TPSA) is 32.3 Å². The fourth-order valence-corrected chi connectivity index (χ4v) is 5.08. The zero-order valence-corrected chi connectivity index (χ0v) is 10.9. The van der Waals surface area contributed by atoms with Crippen molar-refractivity contribution in [1.29, 1.82) is 0 Å². The SMILES string of the molecule is CN[C@H]1[C@@H]2C[C@@H]([C@H]3CCCC[C@H]32)[C@H]1CO.Cl. The summed E-state index contributed by atoms with van der Waals surface area (Å²) in [5.74, 6) is 4.22. The first kappa shape index (κ1) is 12.7. The molecule has 6 atom stereocenters. The van der Waals surface area contributed by atoms with E-state index < -0.39 is 0 Å². The predicted molar refractivity (Wildman–Crippen MR) is 67.7 cm³/mol. The summed E-state index contributed by atoms with van der Waals surface area (Å²) in [4.78, 5) is 0. The lowest BCUT2D eigenvalue weighted by molar-refractivity contribution is 0.0526. The van der Waals surface area contributed by atoms with Gasteiger partial charge in [-0.25, -0.2) is 0 Å². The van der Waals surface area contributed by atoms with Gasteiger partial charge in [-0.15, -0.1) is 12.4 Å². The molecule has 2 bridgehead atoms. The van der Waals surface area contributed by atoms with Crippen molar-refractivity contribution in [2.75, 3.05) is 13.7 Å². The second kappa shape index (κ2) is 4.83. The minimum absolute atomic E-state index is 0. The van der Waals surface area contributed by atoms with Gasteiger partial charge in [0.15, 0.2) is 0 Å². The molecule has 0 aromatic rings. The van der Waals surface area contributed by atoms with E-state index in [1.165, 1.54) is 32.1 Å². The fourth-order valence-electron chi connectivity index (χ4n) is 5.08. The van der Waals surface area contributed by atoms with Crippen LogP contribution in [0.5, 0.6) is 0 Å². The van der Waals surface area contributed by atoms with Crippen LogP contribution in [0.1, 0.15) is 32.1 Å². The molecular formula is C13H24ClNO. The predicted octanol–water partition coefficient (Wildman–Crippen LogP) is 2.06. The minimum atomic E-state index is 0. The highest BCUT2D eigenvalue weighted by Crippen LogP contribution is 2.59. The number of rotatable bonds is 2. The monoisotopic (exact) mass is 245 g/mol. The van der Waals surface area contributed by atoms with E-state index in [0.717, 1.165) is 23.7 Å². The zero-order chi connectivity index (χ0) is 10.4. The van der Waals surface area contributed by atoms with E-state index in [1.807, 2.05) is 0 Å². The van der Waals surface area contributed by atoms with Gasteiger partial charge in [0, 0.05) is 18.6 Å². The molecule has 3 heteroatoms. The van der Waals surface area contributed by atoms with Gasteiger partial charge in [-0.3, -0.25) is 0 Å². The molecule has 0 aliphatic heterocycles. The average Bonchev–Trinajstić information content (AvgIpc) is 2.84. The molecular weight excluding hydrogens is 222 g/mol. The number of aliphatic hydroxyl groups is 1. The molecule has 94 valence electrons. The molecule has 3 fully saturated rings. The highest BCUT2D eigenvalue weighted by atomic mass is 35.5. The number of halogens is 1. The lowest BCUT2D eigenvalue weighted by Gasteiger charge is -2.43. The van der Waals surface area contributed by atoms with E-state index >= 15 is 0 Å². The Labute approximate surface area is 105 Å². The molecule has 0 aromatic carbocycles. The van der Waals surface area contributed by atoms with Crippen molar-refractivity contribution in [3.05, 3.63) is 0 Å². The fraction of sp³-hybridized carbons (Fsp3) is 1.00. The Bertz CT molecular complexity index is 216. The summed E-state index contributed by atoms with van der Waals surface area (Å²) in [6.07, 6.45) is 7.18. The quantitative estimate of drug-likeness (QED) is 0.781. The molecule has 3 rings (SSSR count). The number of fused-ring (bicyclic) bond motifs is 5. The van der Waals surface area contributed by atoms with Crippen molar-refractivity contribution in [3.63, 3.8) is 0 Å². The van der Waals surface area contributed by atoms with Crippen molar-refractivity contribution in [2.24, 2.45) is 29.6 Å². The second-order valence-corrected chi connectivity index (χ2v) is 5.84. The van der Waals surface area contributed by atoms with Crippen molar-refractivity contribution >= 4 is 12.4 Å². The lowest BCUT2D eigenvalue weighted by atomic mass is 9.66. The van der Waals surface area contributed by atoms with Gasteiger partial charge in [-0.05, 0) is 50.0 Å². The van der Waals surface area contributed by atoms with E-state index in [1.54, 1.807) is 0 Å². The number of hydrogen-bond acceptors (Lipinski definition) is 2. The van der Waals surface area contributed by atoms with Gasteiger partial charge in [-0.2, -0.15) is 0 Å². The third-order valence-electron chi connectivity index (χ3n) is 5.54. The molecule has 0 radical (unpaired) electrons. The maximum atomic E-state index is 9.54. The van der Waals surface area contributed by atoms with Crippen LogP contribution in [-0.2, 0) is 0 Å². The third kappa shape index (κ3) is 1.61. The van der Waals surface area contributed by atoms with Crippen LogP contribution in [-0.4, -0.2) is 24.8 Å². The molecule has 0 spiro atoms. The Balaban J connectivity index is 0.000000963. The molecule has 0 unspecified atom stereocenters. The Hall–Kier alpha value is 0.210. The standard InChI is InChI=1S/C13H23NO.ClH/c1-14-13-11-6-10(12(13)7-15)8-4-2-3-5-9(8)11;/h8-15H,2-7H2,1H3;1H/t8-,9+,10-,11+,12+,13-;/m0./s1. The van der Waals surface area contributed by atoms with Crippen LogP contribution in [0.3, 0.4) is 0 Å². The summed E-state index contributed by atoms with van der Waals surface area (Å²) in [5, 5.41) is 13.0. The summed E-state index contributed by atoms with van der Waals surface area (Å²) in [5.41, 5.74) is 0. The van der Waals surface area contributed by atoms with E-state index in [2.05, 4.69) is 12.4 Å². The van der Waals surface area contributed by atoms with Gasteiger partial charge in [0.05, 0.1) is 0 Å². The first-order valence-electron chi connectivity index (χ1n) is 6.65. The molecule has 2 nitrogen and oxygen atoms in total. The average molecular weight is 246 g/mol. The summed E-state index contributed by atoms with van der Waals surface area (Å²) in [6, 6.07) is 0.611. The first-order valence-corrected chi connectivity index (χ1v) is 6.65. The Morgan fingerprint density at radius 3 is 2.25 bits per heavy atom. The van der Waals surface area contributed by atoms with Gasteiger partial charge < -0.3 is 10.4 Å². The van der Waals surface area contributed by atoms with Crippen molar-refractivity contribution in [3.8, 4) is 0 Å². The highest BCUT2D eigenvalue weighted by Gasteiger charge is 2.56. The number of hydrogen-bond donors (Lipinski definition) is 2. The number of nitrogens with one attached hydrogen (secondary N) is 1. The summed E-state index contributed by atoms with van der Waals surface area (Å²) in [7, 11) is 2.08. The molecule has 0 aromatic heterocycles. The van der Waals surface area contributed by atoms with Crippen LogP contribution in [0.4, 0.5) is 0 Å². The van der Waals surface area contributed by atoms with E-state index in [4.69, 9.17) is 0 Å². The summed E-state index contributed by atoms with van der Waals surface area (Å²) >= 11 is 0. The van der Waals surface area contributed by atoms with Gasteiger partial charge in [0.2, 0.25) is 0 Å². The molecule has 0 amide bonds. The summed E-state index contributed by atoms with van der Waals surface area (Å²) in [6.45, 7) is 0.399. The Kier molecular flexibility index (Phi) is 3.82. The van der Waals surface area contributed by atoms with E-state index in [9.17, 15) is 5.11 Å². The lowest BCUT2D eigenvalue weighted by Crippen LogP contribution is -2.47. The molecule has 16 heavy (non-hydrogen) atoms. The largest absolute Gasteiger partial charge is 0.396 e. The van der Waals surface area contributed by atoms with Crippen LogP contribution in [0.2, 0.25) is 0 Å². The molecule has 3 saturated carbocycles. The van der Waals surface area contributed by atoms with Gasteiger partial charge in [-0.1, -0.05) is 12.8 Å². The normalized spacial score (nSPS) is 49.9. The first-order chi connectivity index (χ1) is 7.36. The van der Waals surface area contributed by atoms with Crippen LogP contribution in [0, 0.1) is 29.6 Å². The number of aliphatic hydroxyl groups excluding tert-OH is 1. The molecule has 3 aliphatic carbocycles. The summed E-state index contributed by atoms with van der Waals surface area (Å²) < 4.78 is 0. The molecule has 0 saturated heterocycles. The van der Waals surface area contributed by atoms with Gasteiger partial charge in [0.25, 0.3) is 0 Å². The van der Waals surface area contributed by atoms with Crippen molar-refractivity contribution in [2.45, 2.75) is 38.1 Å². The third-order valence-corrected chi connectivity index (χ3v) is 5.54. The molecule has 3 aliphatic rings. The van der Waals surface area contributed by atoms with Crippen LogP contribution >= 0.6 is 12.4 Å². The Morgan fingerprint density at radius 1 is 1.06 bits per heavy atom.